The van der Waals surface area contributed by atoms with Crippen LogP contribution in [0.5, 0.6) is 11.5 Å². The van der Waals surface area contributed by atoms with Crippen LogP contribution in [0.3, 0.4) is 0 Å². The molecule has 0 aromatic heterocycles. The van der Waals surface area contributed by atoms with Gasteiger partial charge >= 0.3 is 6.09 Å². The SMILES string of the molecule is CSc1ccc(NC(=O)O[C@H](c2cc(Br)ccc2O)[C@@H](CC/C=C/C(=O)NO)Oc2ccccc2)cc1. The van der Waals surface area contributed by atoms with E-state index in [9.17, 15) is 14.7 Å². The van der Waals surface area contributed by atoms with Crippen LogP contribution in [-0.4, -0.2) is 34.7 Å². The first-order chi connectivity index (χ1) is 17.9. The first-order valence-corrected chi connectivity index (χ1v) is 13.3. The molecule has 4 N–H and O–H groups in total. The largest absolute Gasteiger partial charge is 0.508 e. The molecule has 0 saturated carbocycles. The van der Waals surface area contributed by atoms with Crippen molar-refractivity contribution in [2.24, 2.45) is 0 Å². The van der Waals surface area contributed by atoms with E-state index in [4.69, 9.17) is 14.7 Å². The Balaban J connectivity index is 1.90. The summed E-state index contributed by atoms with van der Waals surface area (Å²) in [6.07, 6.45) is 2.92. The number of benzene rings is 3. The number of rotatable bonds is 11. The molecule has 2 amide bonds. The molecule has 8 nitrogen and oxygen atoms in total. The fourth-order valence-electron chi connectivity index (χ4n) is 3.46. The number of phenols is 1. The van der Waals surface area contributed by atoms with Gasteiger partial charge in [0, 0.05) is 26.7 Å². The highest BCUT2D eigenvalue weighted by atomic mass is 79.9. The molecule has 3 aromatic rings. The third-order valence-corrected chi connectivity index (χ3v) is 6.47. The molecule has 0 unspecified atom stereocenters. The van der Waals surface area contributed by atoms with Gasteiger partial charge in [-0.25, -0.2) is 10.3 Å². The average molecular weight is 587 g/mol. The molecule has 0 heterocycles. The number of allylic oxidation sites excluding steroid dienone is 1. The summed E-state index contributed by atoms with van der Waals surface area (Å²) in [6.45, 7) is 0. The van der Waals surface area contributed by atoms with Crippen molar-refractivity contribution in [2.45, 2.75) is 29.9 Å². The third kappa shape index (κ3) is 8.85. The second-order valence-electron chi connectivity index (χ2n) is 7.81. The van der Waals surface area contributed by atoms with Crippen molar-refractivity contribution < 1.29 is 29.4 Å². The van der Waals surface area contributed by atoms with E-state index in [2.05, 4.69) is 21.2 Å². The van der Waals surface area contributed by atoms with Gasteiger partial charge in [0.2, 0.25) is 0 Å². The topological polar surface area (TPSA) is 117 Å². The molecule has 37 heavy (non-hydrogen) atoms. The number of nitrogens with one attached hydrogen (secondary N) is 2. The monoisotopic (exact) mass is 586 g/mol. The number of carbonyl (C=O) groups excluding carboxylic acids is 2. The van der Waals surface area contributed by atoms with Crippen LogP contribution in [0.25, 0.3) is 0 Å². The van der Waals surface area contributed by atoms with Gasteiger partial charge in [-0.2, -0.15) is 0 Å². The quantitative estimate of drug-likeness (QED) is 0.0881. The summed E-state index contributed by atoms with van der Waals surface area (Å²) in [5, 5.41) is 22.1. The minimum atomic E-state index is -1.01. The Labute approximate surface area is 227 Å². The second-order valence-corrected chi connectivity index (χ2v) is 9.60. The number of halogens is 1. The first kappa shape index (κ1) is 28.1. The van der Waals surface area contributed by atoms with Gasteiger partial charge in [0.1, 0.15) is 17.6 Å². The van der Waals surface area contributed by atoms with Crippen LogP contribution in [0, 0.1) is 0 Å². The summed E-state index contributed by atoms with van der Waals surface area (Å²) >= 11 is 5.00. The molecule has 2 atom stereocenters. The molecule has 0 aliphatic rings. The van der Waals surface area contributed by atoms with E-state index in [1.165, 1.54) is 17.6 Å². The van der Waals surface area contributed by atoms with E-state index in [-0.39, 0.29) is 5.75 Å². The lowest BCUT2D eigenvalue weighted by Gasteiger charge is -2.28. The van der Waals surface area contributed by atoms with Gasteiger partial charge < -0.3 is 14.6 Å². The molecule has 0 fully saturated rings. The number of aromatic hydroxyl groups is 1. The molecule has 3 rings (SSSR count). The fourth-order valence-corrected chi connectivity index (χ4v) is 4.25. The number of thioether (sulfide) groups is 1. The zero-order valence-electron chi connectivity index (χ0n) is 20.0. The van der Waals surface area contributed by atoms with Gasteiger partial charge in [0.15, 0.2) is 6.10 Å². The van der Waals surface area contributed by atoms with Crippen molar-refractivity contribution in [2.75, 3.05) is 11.6 Å². The summed E-state index contributed by atoms with van der Waals surface area (Å²) in [6, 6.07) is 21.2. The van der Waals surface area contributed by atoms with Gasteiger partial charge in [-0.1, -0.05) is 40.2 Å². The number of hydrogen-bond acceptors (Lipinski definition) is 7. The molecule has 0 aliphatic carbocycles. The Morgan fingerprint density at radius 2 is 1.81 bits per heavy atom. The summed E-state index contributed by atoms with van der Waals surface area (Å²) in [4.78, 5) is 25.4. The number of para-hydroxylation sites is 1. The van der Waals surface area contributed by atoms with Crippen molar-refractivity contribution in [3.63, 3.8) is 0 Å². The Morgan fingerprint density at radius 3 is 2.49 bits per heavy atom. The Bertz CT molecular complexity index is 1210. The van der Waals surface area contributed by atoms with Crippen LogP contribution < -0.4 is 15.5 Å². The van der Waals surface area contributed by atoms with Gasteiger partial charge in [-0.3, -0.25) is 15.3 Å². The maximum absolute atomic E-state index is 13.0. The average Bonchev–Trinajstić information content (AvgIpc) is 2.91. The molecule has 194 valence electrons. The predicted octanol–water partition coefficient (Wildman–Crippen LogP) is 6.46. The van der Waals surface area contributed by atoms with Crippen molar-refractivity contribution >= 4 is 45.4 Å². The number of anilines is 1. The summed E-state index contributed by atoms with van der Waals surface area (Å²) < 4.78 is 12.8. The normalized spacial score (nSPS) is 12.5. The summed E-state index contributed by atoms with van der Waals surface area (Å²) in [7, 11) is 0. The van der Waals surface area contributed by atoms with Crippen LogP contribution in [0.15, 0.2) is 94.3 Å². The number of hydroxylamine groups is 1. The van der Waals surface area contributed by atoms with Crippen LogP contribution in [-0.2, 0) is 9.53 Å². The lowest BCUT2D eigenvalue weighted by Crippen LogP contribution is -2.31. The van der Waals surface area contributed by atoms with Crippen LogP contribution >= 0.6 is 27.7 Å². The van der Waals surface area contributed by atoms with Crippen molar-refractivity contribution in [1.82, 2.24) is 5.48 Å². The fraction of sp³-hybridized carbons (Fsp3) is 0.185. The van der Waals surface area contributed by atoms with Gasteiger partial charge in [-0.15, -0.1) is 11.8 Å². The zero-order chi connectivity index (χ0) is 26.6. The lowest BCUT2D eigenvalue weighted by atomic mass is 9.99. The van der Waals surface area contributed by atoms with E-state index in [0.29, 0.717) is 34.3 Å². The van der Waals surface area contributed by atoms with E-state index in [1.54, 1.807) is 54.2 Å². The molecule has 0 radical (unpaired) electrons. The summed E-state index contributed by atoms with van der Waals surface area (Å²) in [5.74, 6) is -0.187. The molecular weight excluding hydrogens is 560 g/mol. The number of hydrogen-bond donors (Lipinski definition) is 4. The van der Waals surface area contributed by atoms with E-state index in [0.717, 1.165) is 4.90 Å². The molecule has 0 saturated heterocycles. The number of amides is 2. The van der Waals surface area contributed by atoms with E-state index >= 15 is 0 Å². The Morgan fingerprint density at radius 1 is 1.08 bits per heavy atom. The lowest BCUT2D eigenvalue weighted by molar-refractivity contribution is -0.124. The number of ether oxygens (including phenoxy) is 2. The maximum Gasteiger partial charge on any atom is 0.412 e. The van der Waals surface area contributed by atoms with Crippen molar-refractivity contribution in [1.29, 1.82) is 0 Å². The molecule has 0 aliphatic heterocycles. The van der Waals surface area contributed by atoms with E-state index in [1.807, 2.05) is 36.6 Å². The Hall–Kier alpha value is -3.47. The van der Waals surface area contributed by atoms with Crippen molar-refractivity contribution in [3.8, 4) is 11.5 Å². The zero-order valence-corrected chi connectivity index (χ0v) is 22.4. The standard InChI is InChI=1S/C27H27BrN2O6S/c1-37-21-14-12-19(13-15-21)29-27(33)36-26(22-17-18(28)11-16-23(22)31)24(9-5-6-10-25(32)30-34)35-20-7-3-2-4-8-20/h2-4,6-8,10-17,24,26,31,34H,5,9H2,1H3,(H,29,33)(H,30,32)/b10-6+/t24-,26-/m1/s1. The van der Waals surface area contributed by atoms with E-state index < -0.39 is 24.2 Å². The van der Waals surface area contributed by atoms with Gasteiger partial charge in [-0.05, 0) is 73.7 Å². The number of phenolic OH excluding ortho intramolecular Hbond substituents is 1. The molecular formula is C27H27BrN2O6S. The molecule has 0 spiro atoms. The maximum atomic E-state index is 13.0. The smallest absolute Gasteiger partial charge is 0.412 e. The second kappa shape index (κ2) is 14.3. The Kier molecular flexibility index (Phi) is 10.9. The predicted molar refractivity (Wildman–Crippen MR) is 146 cm³/mol. The van der Waals surface area contributed by atoms with Crippen molar-refractivity contribution in [3.05, 3.63) is 95.0 Å². The molecule has 3 aromatic carbocycles. The number of carbonyl (C=O) groups is 2. The highest BCUT2D eigenvalue weighted by molar-refractivity contribution is 9.10. The summed E-state index contributed by atoms with van der Waals surface area (Å²) in [5.41, 5.74) is 2.44. The first-order valence-electron chi connectivity index (χ1n) is 11.3. The van der Waals surface area contributed by atoms with Crippen LogP contribution in [0.1, 0.15) is 24.5 Å². The van der Waals surface area contributed by atoms with Crippen LogP contribution in [0.2, 0.25) is 0 Å². The molecule has 0 bridgehead atoms. The minimum absolute atomic E-state index is 0.0674. The van der Waals surface area contributed by atoms with Gasteiger partial charge in [0.05, 0.1) is 0 Å². The highest BCUT2D eigenvalue weighted by Crippen LogP contribution is 2.36. The van der Waals surface area contributed by atoms with Gasteiger partial charge in [0.25, 0.3) is 5.91 Å². The third-order valence-electron chi connectivity index (χ3n) is 5.23. The molecule has 10 heteroatoms. The highest BCUT2D eigenvalue weighted by Gasteiger charge is 2.31. The minimum Gasteiger partial charge on any atom is -0.508 e. The van der Waals surface area contributed by atoms with Crippen LogP contribution in [0.4, 0.5) is 10.5 Å².